The normalized spacial score (nSPS) is 13.6. The van der Waals surface area contributed by atoms with Crippen LogP contribution >= 0.6 is 0 Å². The maximum Gasteiger partial charge on any atom is 1.00 e. The van der Waals surface area contributed by atoms with E-state index in [1.807, 2.05) is 0 Å². The molecular formula is C9H10BF3KNO. The predicted molar refractivity (Wildman–Crippen MR) is 53.0 cm³/mol. The Bertz CT molecular complexity index is 368. The van der Waals surface area contributed by atoms with Crippen molar-refractivity contribution < 1.29 is 69.4 Å². The van der Waals surface area contributed by atoms with Crippen LogP contribution in [0.4, 0.5) is 12.9 Å². The van der Waals surface area contributed by atoms with E-state index in [1.54, 1.807) is 6.07 Å². The Morgan fingerprint density at radius 2 is 2.06 bits per heavy atom. The van der Waals surface area contributed by atoms with Gasteiger partial charge >= 0.3 is 58.4 Å². The first-order valence-electron chi connectivity index (χ1n) is 4.42. The summed E-state index contributed by atoms with van der Waals surface area (Å²) in [5.74, 6) is 0.175. The molecule has 2 nitrogen and oxygen atoms in total. The first-order valence-corrected chi connectivity index (χ1v) is 4.42. The van der Waals surface area contributed by atoms with Crippen molar-refractivity contribution in [2.75, 3.05) is 0 Å². The maximum atomic E-state index is 11.9. The van der Waals surface area contributed by atoms with Crippen LogP contribution in [0.1, 0.15) is 24.3 Å². The third-order valence-corrected chi connectivity index (χ3v) is 1.77. The van der Waals surface area contributed by atoms with Crippen LogP contribution in [0.2, 0.25) is 0 Å². The molecule has 7 heteroatoms. The van der Waals surface area contributed by atoms with Gasteiger partial charge < -0.3 is 18.1 Å². The third-order valence-electron chi connectivity index (χ3n) is 1.77. The molecule has 0 fully saturated rings. The summed E-state index contributed by atoms with van der Waals surface area (Å²) in [5, 5.41) is 9.21. The Morgan fingerprint density at radius 1 is 1.44 bits per heavy atom. The molecule has 1 atom stereocenters. The number of rotatable bonds is 3. The summed E-state index contributed by atoms with van der Waals surface area (Å²) < 4.78 is 35.7. The molecule has 1 heterocycles. The Morgan fingerprint density at radius 3 is 2.56 bits per heavy atom. The Labute approximate surface area is 134 Å². The summed E-state index contributed by atoms with van der Waals surface area (Å²) in [6.45, 7) is -3.40. The second kappa shape index (κ2) is 6.93. The van der Waals surface area contributed by atoms with Gasteiger partial charge in [0.25, 0.3) is 0 Å². The first-order chi connectivity index (χ1) is 6.88. The summed E-state index contributed by atoms with van der Waals surface area (Å²) in [6.07, 6.45) is 1.55. The maximum absolute atomic E-state index is 11.9. The van der Waals surface area contributed by atoms with E-state index in [2.05, 4.69) is 4.98 Å². The van der Waals surface area contributed by atoms with E-state index in [1.165, 1.54) is 19.2 Å². The largest absolute Gasteiger partial charge is 1.00 e. The molecule has 1 rings (SSSR count). The number of aliphatic hydroxyl groups is 1. The minimum absolute atomic E-state index is 0. The molecule has 0 saturated carbocycles. The molecule has 0 spiro atoms. The molecule has 1 aromatic rings. The van der Waals surface area contributed by atoms with Gasteiger partial charge in [0.1, 0.15) is 0 Å². The Hall–Kier alpha value is 0.341. The number of nitrogens with zero attached hydrogens (tertiary/aromatic N) is 1. The second-order valence-electron chi connectivity index (χ2n) is 3.17. The van der Waals surface area contributed by atoms with E-state index >= 15 is 0 Å². The van der Waals surface area contributed by atoms with Crippen molar-refractivity contribution in [2.24, 2.45) is 0 Å². The van der Waals surface area contributed by atoms with Crippen molar-refractivity contribution in [1.29, 1.82) is 0 Å². The van der Waals surface area contributed by atoms with Crippen LogP contribution in [0, 0.1) is 0 Å². The average Bonchev–Trinajstić information content (AvgIpc) is 2.14. The van der Waals surface area contributed by atoms with Crippen LogP contribution in [-0.4, -0.2) is 17.1 Å². The molecule has 0 aliphatic heterocycles. The van der Waals surface area contributed by atoms with Crippen LogP contribution in [0.25, 0.3) is 6.08 Å². The number of pyridine rings is 1. The van der Waals surface area contributed by atoms with Gasteiger partial charge in [-0.1, -0.05) is 6.08 Å². The fourth-order valence-electron chi connectivity index (χ4n) is 1.02. The summed E-state index contributed by atoms with van der Waals surface area (Å²) in [7, 11) is 0. The number of hydrogen-bond acceptors (Lipinski definition) is 2. The van der Waals surface area contributed by atoms with Crippen molar-refractivity contribution in [3.05, 3.63) is 35.6 Å². The van der Waals surface area contributed by atoms with Gasteiger partial charge in [0.15, 0.2) is 0 Å². The van der Waals surface area contributed by atoms with Crippen molar-refractivity contribution >= 4 is 13.1 Å². The van der Waals surface area contributed by atoms with Crippen molar-refractivity contribution in [3.63, 3.8) is 0 Å². The fraction of sp³-hybridized carbons (Fsp3) is 0.222. The summed E-state index contributed by atoms with van der Waals surface area (Å²) in [6, 6.07) is 2.98. The molecule has 0 saturated heterocycles. The van der Waals surface area contributed by atoms with E-state index < -0.39 is 13.1 Å². The smallest absolute Gasteiger partial charge is 0.445 e. The van der Waals surface area contributed by atoms with Gasteiger partial charge in [-0.3, -0.25) is 4.98 Å². The summed E-state index contributed by atoms with van der Waals surface area (Å²) in [5.41, 5.74) is 0.729. The molecule has 0 amide bonds. The van der Waals surface area contributed by atoms with E-state index in [-0.39, 0.29) is 63.1 Å². The van der Waals surface area contributed by atoms with E-state index in [0.29, 0.717) is 5.56 Å². The van der Waals surface area contributed by atoms with Gasteiger partial charge in [0.2, 0.25) is 0 Å². The Balaban J connectivity index is 0.00000225. The Kier molecular flexibility index (Phi) is 7.08. The van der Waals surface area contributed by atoms with Crippen molar-refractivity contribution in [2.45, 2.75) is 13.0 Å². The number of hydrogen-bond donors (Lipinski definition) is 1. The number of halogens is 3. The summed E-state index contributed by atoms with van der Waals surface area (Å²) in [4.78, 5) is 3.74. The van der Waals surface area contributed by atoms with Crippen molar-refractivity contribution in [1.82, 2.24) is 4.98 Å². The van der Waals surface area contributed by atoms with Gasteiger partial charge in [-0.2, -0.15) is 0 Å². The quantitative estimate of drug-likeness (QED) is 0.741. The van der Waals surface area contributed by atoms with Crippen LogP contribution in [-0.2, 0) is 0 Å². The molecule has 0 radical (unpaired) electrons. The minimum Gasteiger partial charge on any atom is -0.445 e. The van der Waals surface area contributed by atoms with Crippen LogP contribution < -0.4 is 51.4 Å². The van der Waals surface area contributed by atoms with Gasteiger partial charge in [-0.05, 0) is 24.6 Å². The van der Waals surface area contributed by atoms with Gasteiger partial charge in [0, 0.05) is 6.20 Å². The SMILES string of the molecule is CC(O)c1ccnc(/C=C/[B-](F)(F)F)c1.[K+]. The van der Waals surface area contributed by atoms with E-state index in [4.69, 9.17) is 0 Å². The second-order valence-corrected chi connectivity index (χ2v) is 3.17. The zero-order valence-electron chi connectivity index (χ0n) is 9.07. The first kappa shape index (κ1) is 16.3. The summed E-state index contributed by atoms with van der Waals surface area (Å²) >= 11 is 0. The van der Waals surface area contributed by atoms with Gasteiger partial charge in [0.05, 0.1) is 11.8 Å². The molecule has 1 unspecified atom stereocenters. The molecule has 82 valence electrons. The predicted octanol–water partition coefficient (Wildman–Crippen LogP) is -0.461. The third kappa shape index (κ3) is 6.17. The van der Waals surface area contributed by atoms with Gasteiger partial charge in [-0.15, -0.1) is 5.98 Å². The molecule has 0 aliphatic carbocycles. The van der Waals surface area contributed by atoms with Crippen LogP contribution in [0.5, 0.6) is 0 Å². The molecule has 1 N–H and O–H groups in total. The standard InChI is InChI=1S/C9H10BF3NO.K/c1-7(15)8-3-5-14-9(6-8)2-4-10(11,12)13;/h2-7,15H,1H3;/q-1;+1/b4-2+;. The molecule has 0 aromatic carbocycles. The van der Waals surface area contributed by atoms with E-state index in [9.17, 15) is 18.1 Å². The zero-order valence-corrected chi connectivity index (χ0v) is 12.2. The number of aliphatic hydroxyl groups excluding tert-OH is 1. The topological polar surface area (TPSA) is 33.1 Å². The molecule has 16 heavy (non-hydrogen) atoms. The molecule has 0 aliphatic rings. The van der Waals surface area contributed by atoms with Crippen molar-refractivity contribution in [3.8, 4) is 0 Å². The average molecular weight is 255 g/mol. The van der Waals surface area contributed by atoms with E-state index in [0.717, 1.165) is 6.08 Å². The van der Waals surface area contributed by atoms with Gasteiger partial charge in [-0.25, -0.2) is 0 Å². The molecular weight excluding hydrogens is 245 g/mol. The molecule has 0 bridgehead atoms. The monoisotopic (exact) mass is 255 g/mol. The number of aromatic nitrogens is 1. The van der Waals surface area contributed by atoms with Crippen LogP contribution in [0.3, 0.4) is 0 Å². The fourth-order valence-corrected chi connectivity index (χ4v) is 1.02. The zero-order chi connectivity index (χ0) is 11.5. The van der Waals surface area contributed by atoms with Crippen LogP contribution in [0.15, 0.2) is 24.3 Å². The molecule has 1 aromatic heterocycles. The minimum atomic E-state index is -4.94.